The molecule has 2 N–H and O–H groups in total. The van der Waals surface area contributed by atoms with Gasteiger partial charge < -0.3 is 14.6 Å². The van der Waals surface area contributed by atoms with Crippen LogP contribution in [-0.4, -0.2) is 30.5 Å². The third kappa shape index (κ3) is 5.51. The Kier molecular flexibility index (Phi) is 6.58. The minimum atomic E-state index is -4.52. The second-order valence-corrected chi connectivity index (χ2v) is 8.89. The van der Waals surface area contributed by atoms with Crippen molar-refractivity contribution in [3.8, 4) is 11.5 Å². The molecule has 0 aliphatic carbocycles. The number of carbonyl (C=O) groups is 1. The van der Waals surface area contributed by atoms with Gasteiger partial charge in [0.15, 0.2) is 0 Å². The summed E-state index contributed by atoms with van der Waals surface area (Å²) in [4.78, 5) is 20.1. The van der Waals surface area contributed by atoms with Crippen molar-refractivity contribution in [2.24, 2.45) is 7.05 Å². The molecule has 0 radical (unpaired) electrons. The van der Waals surface area contributed by atoms with Gasteiger partial charge in [0.25, 0.3) is 0 Å². The van der Waals surface area contributed by atoms with E-state index >= 15 is 0 Å². The number of aromatic amines is 1. The van der Waals surface area contributed by atoms with E-state index in [2.05, 4.69) is 25.5 Å². The van der Waals surface area contributed by atoms with Crippen LogP contribution in [0.4, 0.5) is 24.8 Å². The van der Waals surface area contributed by atoms with E-state index in [1.54, 1.807) is 60.4 Å². The number of pyridine rings is 1. The molecule has 5 aromatic rings. The number of Topliss-reactive ketones (excluding diaryl/α,β-unsaturated/α-hetero) is 1. The van der Waals surface area contributed by atoms with Crippen molar-refractivity contribution in [1.82, 2.24) is 24.7 Å². The fraction of sp³-hybridized carbons (Fsp3) is 0.185. The third-order valence-electron chi connectivity index (χ3n) is 5.93. The molecular formula is C27H23F3N6O2. The summed E-state index contributed by atoms with van der Waals surface area (Å²) in [5.74, 6) is 1.45. The van der Waals surface area contributed by atoms with E-state index in [1.807, 2.05) is 0 Å². The lowest BCUT2D eigenvalue weighted by molar-refractivity contribution is -0.138. The number of ketones is 1. The van der Waals surface area contributed by atoms with Gasteiger partial charge in [-0.1, -0.05) is 6.07 Å². The van der Waals surface area contributed by atoms with Crippen molar-refractivity contribution in [3.05, 3.63) is 89.5 Å². The summed E-state index contributed by atoms with van der Waals surface area (Å²) in [6.45, 7) is 1.50. The zero-order chi connectivity index (χ0) is 26.9. The highest BCUT2D eigenvalue weighted by atomic mass is 19.4. The Morgan fingerprint density at radius 1 is 1.11 bits per heavy atom. The molecule has 0 atom stereocenters. The third-order valence-corrected chi connectivity index (χ3v) is 5.93. The monoisotopic (exact) mass is 520 g/mol. The molecule has 3 heterocycles. The molecule has 0 aliphatic rings. The van der Waals surface area contributed by atoms with Crippen LogP contribution >= 0.6 is 0 Å². The highest BCUT2D eigenvalue weighted by molar-refractivity contribution is 5.81. The molecule has 8 nitrogen and oxygen atoms in total. The number of halogens is 3. The molecule has 0 bridgehead atoms. The van der Waals surface area contributed by atoms with Gasteiger partial charge in [-0.3, -0.25) is 14.9 Å². The van der Waals surface area contributed by atoms with Crippen LogP contribution in [0, 0.1) is 0 Å². The normalized spacial score (nSPS) is 11.6. The predicted molar refractivity (Wildman–Crippen MR) is 136 cm³/mol. The number of fused-ring (bicyclic) bond motifs is 1. The smallest absolute Gasteiger partial charge is 0.416 e. The summed E-state index contributed by atoms with van der Waals surface area (Å²) >= 11 is 0. The average molecular weight is 521 g/mol. The molecule has 38 heavy (non-hydrogen) atoms. The molecule has 0 aliphatic heterocycles. The molecule has 0 saturated heterocycles. The van der Waals surface area contributed by atoms with Gasteiger partial charge in [-0.25, -0.2) is 4.98 Å². The number of aromatic nitrogens is 5. The molecule has 5 rings (SSSR count). The lowest BCUT2D eigenvalue weighted by atomic mass is 10.0. The van der Waals surface area contributed by atoms with Gasteiger partial charge in [-0.2, -0.15) is 18.3 Å². The molecule has 0 spiro atoms. The molecule has 2 aromatic carbocycles. The minimum absolute atomic E-state index is 0.000869. The van der Waals surface area contributed by atoms with Crippen molar-refractivity contribution in [1.29, 1.82) is 0 Å². The molecule has 0 unspecified atom stereocenters. The van der Waals surface area contributed by atoms with Crippen molar-refractivity contribution >= 4 is 28.5 Å². The van der Waals surface area contributed by atoms with Crippen molar-refractivity contribution in [3.63, 3.8) is 0 Å². The lowest BCUT2D eigenvalue weighted by Crippen LogP contribution is -2.10. The van der Waals surface area contributed by atoms with Crippen LogP contribution in [0.3, 0.4) is 0 Å². The summed E-state index contributed by atoms with van der Waals surface area (Å²) in [7, 11) is 1.76. The first-order chi connectivity index (χ1) is 18.2. The largest absolute Gasteiger partial charge is 0.457 e. The van der Waals surface area contributed by atoms with Gasteiger partial charge in [-0.05, 0) is 48.4 Å². The summed E-state index contributed by atoms with van der Waals surface area (Å²) < 4.78 is 49.2. The first-order valence-corrected chi connectivity index (χ1v) is 11.7. The Morgan fingerprint density at radius 3 is 2.66 bits per heavy atom. The Bertz CT molecular complexity index is 1610. The summed E-state index contributed by atoms with van der Waals surface area (Å²) in [6.07, 6.45) is 0.454. The van der Waals surface area contributed by atoms with Gasteiger partial charge in [0, 0.05) is 50.1 Å². The lowest BCUT2D eigenvalue weighted by Gasteiger charge is -2.15. The van der Waals surface area contributed by atoms with Crippen LogP contribution in [0.5, 0.6) is 11.5 Å². The number of alkyl halides is 3. The molecule has 11 heteroatoms. The Hall–Kier alpha value is -4.67. The maximum atomic E-state index is 13.8. The quantitative estimate of drug-likeness (QED) is 0.262. The van der Waals surface area contributed by atoms with Crippen LogP contribution in [0.2, 0.25) is 0 Å². The number of hydrogen-bond acceptors (Lipinski definition) is 6. The summed E-state index contributed by atoms with van der Waals surface area (Å²) in [5.41, 5.74) is 2.32. The van der Waals surface area contributed by atoms with Gasteiger partial charge in [0.2, 0.25) is 5.95 Å². The number of carbonyl (C=O) groups excluding carboxylic acids is 1. The number of anilines is 2. The number of ether oxygens (including phenoxy) is 1. The number of nitrogens with one attached hydrogen (secondary N) is 2. The van der Waals surface area contributed by atoms with E-state index in [4.69, 9.17) is 4.74 Å². The molecule has 3 aromatic heterocycles. The zero-order valence-corrected chi connectivity index (χ0v) is 20.5. The van der Waals surface area contributed by atoms with E-state index < -0.39 is 11.7 Å². The van der Waals surface area contributed by atoms with Crippen molar-refractivity contribution < 1.29 is 22.7 Å². The van der Waals surface area contributed by atoms with Crippen molar-refractivity contribution in [2.45, 2.75) is 25.9 Å². The first kappa shape index (κ1) is 25.0. The van der Waals surface area contributed by atoms with Crippen molar-refractivity contribution in [2.75, 3.05) is 5.32 Å². The number of imidazole rings is 1. The zero-order valence-electron chi connectivity index (χ0n) is 20.5. The highest BCUT2D eigenvalue weighted by Gasteiger charge is 2.33. The predicted octanol–water partition coefficient (Wildman–Crippen LogP) is 5.97. The SMILES string of the molecule is CC(=O)Cc1cc(Oc2ccc3nc(Nc4ccc(Cc5cn[nH]c5)c(C(F)(F)F)c4)n(C)c3c2)ccn1. The molecular weight excluding hydrogens is 497 g/mol. The second-order valence-electron chi connectivity index (χ2n) is 8.89. The first-order valence-electron chi connectivity index (χ1n) is 11.7. The van der Waals surface area contributed by atoms with Crippen LogP contribution in [0.1, 0.15) is 29.3 Å². The molecule has 0 amide bonds. The number of aryl methyl sites for hydroxylation is 1. The minimum Gasteiger partial charge on any atom is -0.457 e. The fourth-order valence-corrected chi connectivity index (χ4v) is 4.15. The van der Waals surface area contributed by atoms with E-state index in [-0.39, 0.29) is 29.9 Å². The number of hydrogen-bond donors (Lipinski definition) is 2. The fourth-order valence-electron chi connectivity index (χ4n) is 4.15. The number of rotatable bonds is 8. The van der Waals surface area contributed by atoms with E-state index in [1.165, 1.54) is 19.2 Å². The number of benzene rings is 2. The van der Waals surface area contributed by atoms with Gasteiger partial charge in [-0.15, -0.1) is 0 Å². The van der Waals surface area contributed by atoms with E-state index in [0.29, 0.717) is 34.2 Å². The highest BCUT2D eigenvalue weighted by Crippen LogP contribution is 2.36. The Morgan fingerprint density at radius 2 is 1.92 bits per heavy atom. The van der Waals surface area contributed by atoms with E-state index in [9.17, 15) is 18.0 Å². The van der Waals surface area contributed by atoms with Gasteiger partial charge >= 0.3 is 6.18 Å². The van der Waals surface area contributed by atoms with Crippen LogP contribution in [0.15, 0.2) is 67.1 Å². The standard InChI is InChI=1S/C27H23F3N6O2/c1-16(37)9-20-11-22(7-8-31-20)38-21-5-6-24-25(13-21)36(2)26(35-24)34-19-4-3-18(10-17-14-32-33-15-17)23(12-19)27(28,29)30/h3-8,11-15H,9-10H2,1-2H3,(H,32,33)(H,34,35). The van der Waals surface area contributed by atoms with E-state index in [0.717, 1.165) is 11.6 Å². The Labute approximate surface area is 215 Å². The number of nitrogens with zero attached hydrogens (tertiary/aromatic N) is 4. The van der Waals surface area contributed by atoms with Gasteiger partial charge in [0.1, 0.15) is 17.3 Å². The van der Waals surface area contributed by atoms with Crippen LogP contribution < -0.4 is 10.1 Å². The summed E-state index contributed by atoms with van der Waals surface area (Å²) in [5, 5.41) is 9.43. The van der Waals surface area contributed by atoms with Crippen LogP contribution in [-0.2, 0) is 30.9 Å². The summed E-state index contributed by atoms with van der Waals surface area (Å²) in [6, 6.07) is 12.8. The maximum absolute atomic E-state index is 13.8. The number of H-pyrrole nitrogens is 1. The topological polar surface area (TPSA) is 97.7 Å². The molecule has 0 saturated carbocycles. The van der Waals surface area contributed by atoms with Crippen LogP contribution in [0.25, 0.3) is 11.0 Å². The Balaban J connectivity index is 1.40. The van der Waals surface area contributed by atoms with Gasteiger partial charge in [0.05, 0.1) is 28.5 Å². The second kappa shape index (κ2) is 10.0. The molecule has 194 valence electrons. The molecule has 0 fully saturated rings. The average Bonchev–Trinajstić information content (AvgIpc) is 3.47. The maximum Gasteiger partial charge on any atom is 0.416 e.